The summed E-state index contributed by atoms with van der Waals surface area (Å²) in [5.74, 6) is 0.214. The van der Waals surface area contributed by atoms with Crippen molar-refractivity contribution in [3.63, 3.8) is 0 Å². The van der Waals surface area contributed by atoms with Gasteiger partial charge < -0.3 is 10.1 Å². The van der Waals surface area contributed by atoms with E-state index in [9.17, 15) is 13.2 Å². The van der Waals surface area contributed by atoms with Gasteiger partial charge in [0, 0.05) is 10.6 Å². The Morgan fingerprint density at radius 3 is 2.52 bits per heavy atom. The average molecular weight is 411 g/mol. The minimum absolute atomic E-state index is 0.341. The van der Waals surface area contributed by atoms with Gasteiger partial charge in [0.2, 0.25) is 15.9 Å². The maximum absolute atomic E-state index is 12.5. The first kappa shape index (κ1) is 21.1. The third-order valence-electron chi connectivity index (χ3n) is 4.11. The topological polar surface area (TPSA) is 75.7 Å². The summed E-state index contributed by atoms with van der Waals surface area (Å²) < 4.78 is 30.7. The number of para-hydroxylation sites is 1. The molecule has 0 radical (unpaired) electrons. The summed E-state index contributed by atoms with van der Waals surface area (Å²) in [6, 6.07) is 11.9. The molecule has 0 spiro atoms. The highest BCUT2D eigenvalue weighted by molar-refractivity contribution is 7.92. The van der Waals surface area contributed by atoms with E-state index < -0.39 is 15.9 Å². The molecule has 0 saturated heterocycles. The molecule has 2 aromatic rings. The van der Waals surface area contributed by atoms with Crippen molar-refractivity contribution in [2.45, 2.75) is 19.9 Å². The number of amides is 1. The SMILES string of the molecule is COc1ccccc1C(C)NC(=O)CN(c1ccc(C)c(Cl)c1)S(C)(=O)=O. The van der Waals surface area contributed by atoms with Crippen LogP contribution in [-0.2, 0) is 14.8 Å². The van der Waals surface area contributed by atoms with E-state index in [0.717, 1.165) is 21.7 Å². The van der Waals surface area contributed by atoms with Crippen LogP contribution in [0, 0.1) is 6.92 Å². The van der Waals surface area contributed by atoms with E-state index in [4.69, 9.17) is 16.3 Å². The van der Waals surface area contributed by atoms with Crippen LogP contribution in [0.5, 0.6) is 5.75 Å². The molecule has 1 atom stereocenters. The van der Waals surface area contributed by atoms with Gasteiger partial charge in [-0.25, -0.2) is 8.42 Å². The van der Waals surface area contributed by atoms with Crippen LogP contribution in [0.2, 0.25) is 5.02 Å². The van der Waals surface area contributed by atoms with Gasteiger partial charge in [-0.05, 0) is 37.6 Å². The largest absolute Gasteiger partial charge is 0.496 e. The quantitative estimate of drug-likeness (QED) is 0.759. The number of hydrogen-bond donors (Lipinski definition) is 1. The van der Waals surface area contributed by atoms with Crippen molar-refractivity contribution in [2.75, 3.05) is 24.2 Å². The Morgan fingerprint density at radius 1 is 1.26 bits per heavy atom. The molecule has 0 aromatic heterocycles. The van der Waals surface area contributed by atoms with E-state index >= 15 is 0 Å². The lowest BCUT2D eigenvalue weighted by Gasteiger charge is -2.24. The number of aryl methyl sites for hydroxylation is 1. The zero-order valence-corrected chi connectivity index (χ0v) is 17.3. The fourth-order valence-electron chi connectivity index (χ4n) is 2.66. The summed E-state index contributed by atoms with van der Waals surface area (Å²) in [6.45, 7) is 3.28. The third kappa shape index (κ3) is 5.37. The van der Waals surface area contributed by atoms with Gasteiger partial charge in [-0.2, -0.15) is 0 Å². The van der Waals surface area contributed by atoms with Gasteiger partial charge in [-0.15, -0.1) is 0 Å². The van der Waals surface area contributed by atoms with E-state index in [2.05, 4.69) is 5.32 Å². The number of nitrogens with one attached hydrogen (secondary N) is 1. The predicted octanol–water partition coefficient (Wildman–Crippen LogP) is 3.30. The number of benzene rings is 2. The maximum atomic E-state index is 12.5. The number of methoxy groups -OCH3 is 1. The summed E-state index contributed by atoms with van der Waals surface area (Å²) in [5, 5.41) is 3.25. The predicted molar refractivity (Wildman–Crippen MR) is 108 cm³/mol. The van der Waals surface area contributed by atoms with Crippen molar-refractivity contribution in [1.82, 2.24) is 5.32 Å². The molecule has 0 bridgehead atoms. The minimum atomic E-state index is -3.67. The van der Waals surface area contributed by atoms with Crippen molar-refractivity contribution >= 4 is 33.2 Å². The zero-order valence-electron chi connectivity index (χ0n) is 15.7. The van der Waals surface area contributed by atoms with E-state index in [1.54, 1.807) is 25.3 Å². The molecule has 0 heterocycles. The molecule has 8 heteroatoms. The maximum Gasteiger partial charge on any atom is 0.241 e. The second-order valence-electron chi connectivity index (χ2n) is 6.23. The van der Waals surface area contributed by atoms with Gasteiger partial charge in [0.05, 0.1) is 25.1 Å². The van der Waals surface area contributed by atoms with Crippen molar-refractivity contribution < 1.29 is 17.9 Å². The lowest BCUT2D eigenvalue weighted by molar-refractivity contribution is -0.120. The van der Waals surface area contributed by atoms with Gasteiger partial charge in [-0.3, -0.25) is 9.10 Å². The van der Waals surface area contributed by atoms with Crippen LogP contribution in [0.1, 0.15) is 24.1 Å². The number of hydrogen-bond acceptors (Lipinski definition) is 4. The number of nitrogens with zero attached hydrogens (tertiary/aromatic N) is 1. The molecule has 0 fully saturated rings. The Balaban J connectivity index is 2.20. The molecule has 1 amide bonds. The number of carbonyl (C=O) groups excluding carboxylic acids is 1. The Morgan fingerprint density at radius 2 is 1.93 bits per heavy atom. The highest BCUT2D eigenvalue weighted by atomic mass is 35.5. The molecular formula is C19H23ClN2O4S. The van der Waals surface area contributed by atoms with Crippen molar-refractivity contribution in [3.05, 3.63) is 58.6 Å². The summed E-state index contributed by atoms with van der Waals surface area (Å²) in [6.07, 6.45) is 1.05. The smallest absolute Gasteiger partial charge is 0.241 e. The molecule has 1 N–H and O–H groups in total. The van der Waals surface area contributed by atoms with Crippen LogP contribution in [0.4, 0.5) is 5.69 Å². The first-order valence-corrected chi connectivity index (χ1v) is 10.5. The summed E-state index contributed by atoms with van der Waals surface area (Å²) in [7, 11) is -2.11. The summed E-state index contributed by atoms with van der Waals surface area (Å²) in [5.41, 5.74) is 1.97. The monoisotopic (exact) mass is 410 g/mol. The number of rotatable bonds is 7. The molecule has 0 aliphatic rings. The molecule has 0 aliphatic heterocycles. The number of sulfonamides is 1. The first-order valence-electron chi connectivity index (χ1n) is 8.29. The van der Waals surface area contributed by atoms with E-state index in [1.807, 2.05) is 32.0 Å². The van der Waals surface area contributed by atoms with Crippen LogP contribution in [-0.4, -0.2) is 34.2 Å². The molecule has 1 unspecified atom stereocenters. The van der Waals surface area contributed by atoms with E-state index in [0.29, 0.717) is 16.5 Å². The van der Waals surface area contributed by atoms with Crippen molar-refractivity contribution in [2.24, 2.45) is 0 Å². The number of anilines is 1. The Kier molecular flexibility index (Phi) is 6.73. The van der Waals surface area contributed by atoms with Crippen molar-refractivity contribution in [1.29, 1.82) is 0 Å². The number of ether oxygens (including phenoxy) is 1. The zero-order chi connectivity index (χ0) is 20.2. The number of halogens is 1. The summed E-state index contributed by atoms with van der Waals surface area (Å²) >= 11 is 6.11. The molecule has 2 rings (SSSR count). The van der Waals surface area contributed by atoms with E-state index in [1.165, 1.54) is 6.07 Å². The molecule has 27 heavy (non-hydrogen) atoms. The summed E-state index contributed by atoms with van der Waals surface area (Å²) in [4.78, 5) is 12.5. The normalized spacial score (nSPS) is 12.3. The third-order valence-corrected chi connectivity index (χ3v) is 5.66. The molecule has 6 nitrogen and oxygen atoms in total. The lowest BCUT2D eigenvalue weighted by Crippen LogP contribution is -2.41. The van der Waals surface area contributed by atoms with Gasteiger partial charge in [-0.1, -0.05) is 35.9 Å². The molecule has 146 valence electrons. The van der Waals surface area contributed by atoms with Gasteiger partial charge in [0.1, 0.15) is 12.3 Å². The first-order chi connectivity index (χ1) is 12.6. The van der Waals surface area contributed by atoms with Gasteiger partial charge in [0.25, 0.3) is 0 Å². The molecule has 0 saturated carbocycles. The molecule has 2 aromatic carbocycles. The highest BCUT2D eigenvalue weighted by Crippen LogP contribution is 2.26. The molecular weight excluding hydrogens is 388 g/mol. The second kappa shape index (κ2) is 8.63. The highest BCUT2D eigenvalue weighted by Gasteiger charge is 2.23. The van der Waals surface area contributed by atoms with Gasteiger partial charge in [0.15, 0.2) is 0 Å². The Labute approximate surface area is 165 Å². The fourth-order valence-corrected chi connectivity index (χ4v) is 3.68. The second-order valence-corrected chi connectivity index (χ2v) is 8.55. The van der Waals surface area contributed by atoms with Crippen LogP contribution >= 0.6 is 11.6 Å². The molecule has 0 aliphatic carbocycles. The fraction of sp³-hybridized carbons (Fsp3) is 0.316. The van der Waals surface area contributed by atoms with E-state index in [-0.39, 0.29) is 12.6 Å². The average Bonchev–Trinajstić information content (AvgIpc) is 2.61. The van der Waals surface area contributed by atoms with Crippen LogP contribution in [0.3, 0.4) is 0 Å². The van der Waals surface area contributed by atoms with Crippen LogP contribution in [0.15, 0.2) is 42.5 Å². The standard InChI is InChI=1S/C19H23ClN2O4S/c1-13-9-10-15(11-17(13)20)22(27(4,24)25)12-19(23)21-14(2)16-7-5-6-8-18(16)26-3/h5-11,14H,12H2,1-4H3,(H,21,23). The number of carbonyl (C=O) groups is 1. The minimum Gasteiger partial charge on any atom is -0.496 e. The van der Waals surface area contributed by atoms with Crippen molar-refractivity contribution in [3.8, 4) is 5.75 Å². The van der Waals surface area contributed by atoms with Gasteiger partial charge >= 0.3 is 0 Å². The Hall–Kier alpha value is -2.25. The van der Waals surface area contributed by atoms with Crippen LogP contribution < -0.4 is 14.4 Å². The Bertz CT molecular complexity index is 931. The van der Waals surface area contributed by atoms with Crippen LogP contribution in [0.25, 0.3) is 0 Å². The lowest BCUT2D eigenvalue weighted by atomic mass is 10.1.